The first-order chi connectivity index (χ1) is 10.6. The van der Waals surface area contributed by atoms with Crippen LogP contribution in [0.5, 0.6) is 11.5 Å². The number of ether oxygens (including phenoxy) is 2. The molecule has 2 rings (SSSR count). The van der Waals surface area contributed by atoms with Crippen LogP contribution in [0.1, 0.15) is 6.92 Å². The van der Waals surface area contributed by atoms with Crippen molar-refractivity contribution in [2.75, 3.05) is 18.5 Å². The summed E-state index contributed by atoms with van der Waals surface area (Å²) in [4.78, 5) is 11.8. The Morgan fingerprint density at radius 3 is 2.45 bits per heavy atom. The molecule has 0 radical (unpaired) electrons. The lowest BCUT2D eigenvalue weighted by molar-refractivity contribution is -0.118. The average Bonchev–Trinajstić information content (AvgIpc) is 2.50. The van der Waals surface area contributed by atoms with Gasteiger partial charge >= 0.3 is 0 Å². The van der Waals surface area contributed by atoms with Crippen LogP contribution >= 0.6 is 0 Å². The molecule has 0 aromatic heterocycles. The van der Waals surface area contributed by atoms with Gasteiger partial charge in [-0.15, -0.1) is 0 Å². The smallest absolute Gasteiger partial charge is 0.262 e. The van der Waals surface area contributed by atoms with E-state index in [9.17, 15) is 13.6 Å². The highest BCUT2D eigenvalue weighted by Gasteiger charge is 2.10. The van der Waals surface area contributed by atoms with Crippen LogP contribution in [-0.4, -0.2) is 19.1 Å². The molecule has 1 N–H and O–H groups in total. The monoisotopic (exact) mass is 307 g/mol. The van der Waals surface area contributed by atoms with E-state index in [2.05, 4.69) is 5.32 Å². The van der Waals surface area contributed by atoms with Crippen LogP contribution in [0.15, 0.2) is 42.5 Å². The third-order valence-electron chi connectivity index (χ3n) is 2.71. The van der Waals surface area contributed by atoms with E-state index in [1.54, 1.807) is 24.3 Å². The number of rotatable bonds is 6. The van der Waals surface area contributed by atoms with Gasteiger partial charge in [-0.3, -0.25) is 4.79 Å². The molecule has 0 saturated carbocycles. The summed E-state index contributed by atoms with van der Waals surface area (Å²) in [5.41, 5.74) is -0.230. The summed E-state index contributed by atoms with van der Waals surface area (Å²) in [6.07, 6.45) is 0. The highest BCUT2D eigenvalue weighted by atomic mass is 19.1. The Bertz CT molecular complexity index is 662. The fraction of sp³-hybridized carbons (Fsp3) is 0.188. The molecule has 0 saturated heterocycles. The molecule has 0 fully saturated rings. The van der Waals surface area contributed by atoms with E-state index in [0.29, 0.717) is 18.1 Å². The van der Waals surface area contributed by atoms with Gasteiger partial charge in [-0.25, -0.2) is 8.78 Å². The zero-order chi connectivity index (χ0) is 15.9. The number of para-hydroxylation sites is 2. The molecule has 0 bridgehead atoms. The molecule has 0 unspecified atom stereocenters. The fourth-order valence-corrected chi connectivity index (χ4v) is 1.77. The van der Waals surface area contributed by atoms with E-state index < -0.39 is 17.5 Å². The number of amides is 1. The van der Waals surface area contributed by atoms with Gasteiger partial charge in [0.05, 0.1) is 12.3 Å². The van der Waals surface area contributed by atoms with E-state index in [1.807, 2.05) is 6.92 Å². The van der Waals surface area contributed by atoms with Crippen LogP contribution < -0.4 is 14.8 Å². The zero-order valence-electron chi connectivity index (χ0n) is 11.9. The number of hydrogen-bond acceptors (Lipinski definition) is 3. The summed E-state index contributed by atoms with van der Waals surface area (Å²) in [5.74, 6) is -1.05. The van der Waals surface area contributed by atoms with Gasteiger partial charge in [0.15, 0.2) is 18.1 Å². The lowest BCUT2D eigenvalue weighted by Crippen LogP contribution is -2.21. The van der Waals surface area contributed by atoms with Gasteiger partial charge in [-0.1, -0.05) is 12.1 Å². The van der Waals surface area contributed by atoms with E-state index in [4.69, 9.17) is 9.47 Å². The Hall–Kier alpha value is -2.63. The second-order valence-corrected chi connectivity index (χ2v) is 4.34. The van der Waals surface area contributed by atoms with Gasteiger partial charge in [0.1, 0.15) is 11.6 Å². The maximum absolute atomic E-state index is 13.4. The maximum Gasteiger partial charge on any atom is 0.262 e. The standard InChI is InChI=1S/C16H15F2NO3/c1-2-21-14-5-3-4-6-15(14)22-10-16(20)19-13-9-11(17)7-8-12(13)18/h3-9H,2,10H2,1H3,(H,19,20). The van der Waals surface area contributed by atoms with Crippen molar-refractivity contribution >= 4 is 11.6 Å². The SMILES string of the molecule is CCOc1ccccc1OCC(=O)Nc1cc(F)ccc1F. The molecule has 0 aliphatic heterocycles. The lowest BCUT2D eigenvalue weighted by Gasteiger charge is -2.11. The number of anilines is 1. The van der Waals surface area contributed by atoms with E-state index >= 15 is 0 Å². The number of benzene rings is 2. The molecule has 0 aliphatic carbocycles. The predicted molar refractivity (Wildman–Crippen MR) is 78.1 cm³/mol. The van der Waals surface area contributed by atoms with Crippen LogP contribution in [0.2, 0.25) is 0 Å². The van der Waals surface area contributed by atoms with Gasteiger partial charge in [0, 0.05) is 6.07 Å². The van der Waals surface area contributed by atoms with Crippen molar-refractivity contribution < 1.29 is 23.0 Å². The molecule has 1 amide bonds. The van der Waals surface area contributed by atoms with Gasteiger partial charge in [0.25, 0.3) is 5.91 Å². The topological polar surface area (TPSA) is 47.6 Å². The number of nitrogens with one attached hydrogen (secondary N) is 1. The van der Waals surface area contributed by atoms with E-state index in [0.717, 1.165) is 18.2 Å². The van der Waals surface area contributed by atoms with Crippen molar-refractivity contribution in [3.63, 3.8) is 0 Å². The molecule has 6 heteroatoms. The average molecular weight is 307 g/mol. The van der Waals surface area contributed by atoms with Gasteiger partial charge in [-0.05, 0) is 31.2 Å². The first-order valence-electron chi connectivity index (χ1n) is 6.69. The number of hydrogen-bond donors (Lipinski definition) is 1. The quantitative estimate of drug-likeness (QED) is 0.890. The Balaban J connectivity index is 1.97. The minimum Gasteiger partial charge on any atom is -0.490 e. The van der Waals surface area contributed by atoms with Crippen molar-refractivity contribution in [3.05, 3.63) is 54.1 Å². The van der Waals surface area contributed by atoms with Crippen LogP contribution in [0.3, 0.4) is 0 Å². The molecule has 22 heavy (non-hydrogen) atoms. The third-order valence-corrected chi connectivity index (χ3v) is 2.71. The third kappa shape index (κ3) is 4.18. The molecule has 0 heterocycles. The maximum atomic E-state index is 13.4. The second kappa shape index (κ2) is 7.40. The number of halogens is 2. The molecule has 0 aliphatic rings. The molecular formula is C16H15F2NO3. The number of carbonyl (C=O) groups is 1. The minimum absolute atomic E-state index is 0.230. The summed E-state index contributed by atoms with van der Waals surface area (Å²) >= 11 is 0. The Labute approximate surface area is 126 Å². The second-order valence-electron chi connectivity index (χ2n) is 4.34. The fourth-order valence-electron chi connectivity index (χ4n) is 1.77. The first kappa shape index (κ1) is 15.8. The lowest BCUT2D eigenvalue weighted by atomic mass is 10.3. The summed E-state index contributed by atoms with van der Waals surface area (Å²) in [6.45, 7) is 1.94. The summed E-state index contributed by atoms with van der Waals surface area (Å²) in [5, 5.41) is 2.25. The van der Waals surface area contributed by atoms with E-state index in [1.165, 1.54) is 0 Å². The largest absolute Gasteiger partial charge is 0.490 e. The Morgan fingerprint density at radius 2 is 1.77 bits per heavy atom. The van der Waals surface area contributed by atoms with Crippen molar-refractivity contribution in [3.8, 4) is 11.5 Å². The normalized spacial score (nSPS) is 10.1. The first-order valence-corrected chi connectivity index (χ1v) is 6.69. The Kier molecular flexibility index (Phi) is 5.30. The zero-order valence-corrected chi connectivity index (χ0v) is 11.9. The van der Waals surface area contributed by atoms with Crippen LogP contribution in [0.4, 0.5) is 14.5 Å². The van der Waals surface area contributed by atoms with Gasteiger partial charge < -0.3 is 14.8 Å². The summed E-state index contributed by atoms with van der Waals surface area (Å²) < 4.78 is 37.1. The summed E-state index contributed by atoms with van der Waals surface area (Å²) in [7, 11) is 0. The van der Waals surface area contributed by atoms with Crippen molar-refractivity contribution in [1.82, 2.24) is 0 Å². The predicted octanol–water partition coefficient (Wildman–Crippen LogP) is 3.38. The molecular weight excluding hydrogens is 292 g/mol. The van der Waals surface area contributed by atoms with Crippen molar-refractivity contribution in [1.29, 1.82) is 0 Å². The van der Waals surface area contributed by atoms with Crippen LogP contribution in [-0.2, 0) is 4.79 Å². The minimum atomic E-state index is -0.718. The van der Waals surface area contributed by atoms with Crippen molar-refractivity contribution in [2.24, 2.45) is 0 Å². The van der Waals surface area contributed by atoms with Gasteiger partial charge in [-0.2, -0.15) is 0 Å². The Morgan fingerprint density at radius 1 is 1.09 bits per heavy atom. The molecule has 2 aromatic carbocycles. The number of carbonyl (C=O) groups excluding carboxylic acids is 1. The molecule has 116 valence electrons. The molecule has 2 aromatic rings. The molecule has 4 nitrogen and oxygen atoms in total. The van der Waals surface area contributed by atoms with Crippen LogP contribution in [0.25, 0.3) is 0 Å². The van der Waals surface area contributed by atoms with Crippen LogP contribution in [0, 0.1) is 11.6 Å². The van der Waals surface area contributed by atoms with Gasteiger partial charge in [0.2, 0.25) is 0 Å². The van der Waals surface area contributed by atoms with E-state index in [-0.39, 0.29) is 12.3 Å². The molecule has 0 atom stereocenters. The summed E-state index contributed by atoms with van der Waals surface area (Å²) in [6, 6.07) is 9.70. The highest BCUT2D eigenvalue weighted by Crippen LogP contribution is 2.26. The van der Waals surface area contributed by atoms with Crippen molar-refractivity contribution in [2.45, 2.75) is 6.92 Å². The molecule has 0 spiro atoms. The highest BCUT2D eigenvalue weighted by molar-refractivity contribution is 5.92.